The second kappa shape index (κ2) is 17.7. The summed E-state index contributed by atoms with van der Waals surface area (Å²) in [4.78, 5) is 58.6. The van der Waals surface area contributed by atoms with Crippen molar-refractivity contribution in [1.82, 2.24) is 45.2 Å². The lowest BCUT2D eigenvalue weighted by atomic mass is 9.88. The summed E-state index contributed by atoms with van der Waals surface area (Å²) in [5.41, 5.74) is 2.37. The van der Waals surface area contributed by atoms with Crippen molar-refractivity contribution < 1.29 is 37.7 Å². The van der Waals surface area contributed by atoms with Crippen LogP contribution in [-0.4, -0.2) is 127 Å². The number of anilines is 1. The fourth-order valence-corrected chi connectivity index (χ4v) is 12.6. The quantitative estimate of drug-likeness (QED) is 0.105. The zero-order valence-corrected chi connectivity index (χ0v) is 39.4. The van der Waals surface area contributed by atoms with Crippen LogP contribution in [0.15, 0.2) is 48.7 Å². The molecule has 12 rings (SSSR count). The number of aromatic hydroxyl groups is 1. The predicted molar refractivity (Wildman–Crippen MR) is 260 cm³/mol. The predicted octanol–water partition coefficient (Wildman–Crippen LogP) is 6.55. The van der Waals surface area contributed by atoms with E-state index in [0.29, 0.717) is 61.3 Å². The van der Waals surface area contributed by atoms with Crippen molar-refractivity contribution in [2.24, 2.45) is 7.05 Å². The number of rotatable bonds is 9. The number of piperidine rings is 2. The summed E-state index contributed by atoms with van der Waals surface area (Å²) in [6.07, 6.45) is 14.8. The summed E-state index contributed by atoms with van der Waals surface area (Å²) in [6, 6.07) is 12.3. The molecular weight excluding hydrogens is 911 g/mol. The average Bonchev–Trinajstić information content (AvgIpc) is 4.13. The first kappa shape index (κ1) is 45.2. The molecule has 9 heterocycles. The molecule has 3 N–H and O–H groups in total. The van der Waals surface area contributed by atoms with Gasteiger partial charge in [-0.05, 0) is 105 Å². The van der Waals surface area contributed by atoms with Gasteiger partial charge in [-0.3, -0.25) is 29.5 Å². The van der Waals surface area contributed by atoms with Crippen molar-refractivity contribution >= 4 is 56.3 Å². The molecule has 16 nitrogen and oxygen atoms in total. The Labute approximate surface area is 408 Å². The first-order valence-corrected chi connectivity index (χ1v) is 24.8. The molecule has 18 heteroatoms. The van der Waals surface area contributed by atoms with Crippen molar-refractivity contribution in [2.75, 3.05) is 50.8 Å². The van der Waals surface area contributed by atoms with Gasteiger partial charge in [-0.15, -0.1) is 6.42 Å². The molecule has 6 saturated heterocycles. The number of halogens is 2. The van der Waals surface area contributed by atoms with Gasteiger partial charge in [-0.1, -0.05) is 24.1 Å². The Hall–Kier alpha value is -6.97. The van der Waals surface area contributed by atoms with E-state index in [2.05, 4.69) is 43.5 Å². The largest absolute Gasteiger partial charge is 0.508 e. The number of fused-ring (bicyclic) bond motifs is 6. The van der Waals surface area contributed by atoms with E-state index in [1.807, 2.05) is 13.1 Å². The molecule has 0 saturated carbocycles. The van der Waals surface area contributed by atoms with Crippen molar-refractivity contribution in [1.29, 1.82) is 0 Å². The van der Waals surface area contributed by atoms with E-state index in [-0.39, 0.29) is 100 Å². The highest BCUT2D eigenvalue weighted by Gasteiger charge is 2.50. The molecular formula is C53H54F2N10O6. The van der Waals surface area contributed by atoms with Crippen LogP contribution in [0.4, 0.5) is 19.4 Å². The fourth-order valence-electron chi connectivity index (χ4n) is 12.6. The number of nitrogens with zero attached hydrogens (tertiary/aromatic N) is 8. The van der Waals surface area contributed by atoms with Gasteiger partial charge in [0.2, 0.25) is 11.8 Å². The lowest BCUT2D eigenvalue weighted by molar-refractivity contribution is -0.134. The first-order chi connectivity index (χ1) is 34.4. The number of hydrogen-bond donors (Lipinski definition) is 3. The summed E-state index contributed by atoms with van der Waals surface area (Å²) in [7, 11) is 1.87. The van der Waals surface area contributed by atoms with Gasteiger partial charge in [0.15, 0.2) is 5.82 Å². The number of aryl methyl sites for hydroxylation is 1. The number of phenolic OH excluding ortho intramolecular Hbond substituents is 1. The van der Waals surface area contributed by atoms with Gasteiger partial charge in [0.25, 0.3) is 0 Å². The van der Waals surface area contributed by atoms with Crippen molar-refractivity contribution in [2.45, 2.75) is 99.7 Å². The maximum Gasteiger partial charge on any atom is 0.409 e. The number of likely N-dealkylation sites (tertiary alicyclic amines) is 1. The van der Waals surface area contributed by atoms with E-state index in [4.69, 9.17) is 31.0 Å². The summed E-state index contributed by atoms with van der Waals surface area (Å²) in [5.74, 6) is 0.583. The van der Waals surface area contributed by atoms with Crippen molar-refractivity contribution in [3.05, 3.63) is 77.1 Å². The summed E-state index contributed by atoms with van der Waals surface area (Å²) >= 11 is 0. The number of piperazine rings is 1. The SMILES string of the molecule is C#Cc1c(F)ccc2cc(O)cc(-c3ncc4c(N5CC6CCC(C5)N6)nc(OCC56CCCN5[C@@H](COC(=O)N5CCC(c7ccc8c(C9CCC(=O)NC9=O)nn(C)c8c7)CC5)CC6)nc4c3F)c12. The summed E-state index contributed by atoms with van der Waals surface area (Å²) in [6.45, 7) is 3.80. The number of terminal acetylenes is 1. The van der Waals surface area contributed by atoms with E-state index in [9.17, 15) is 19.5 Å². The molecule has 0 radical (unpaired) electrons. The number of benzene rings is 3. The highest BCUT2D eigenvalue weighted by molar-refractivity contribution is 6.04. The second-order valence-corrected chi connectivity index (χ2v) is 20.3. The Kier molecular flexibility index (Phi) is 11.3. The Morgan fingerprint density at radius 3 is 2.58 bits per heavy atom. The van der Waals surface area contributed by atoms with E-state index in [0.717, 1.165) is 74.4 Å². The Morgan fingerprint density at radius 1 is 0.972 bits per heavy atom. The van der Waals surface area contributed by atoms with Crippen LogP contribution < -0.4 is 20.3 Å². The Bertz CT molecular complexity index is 3210. The second-order valence-electron chi connectivity index (χ2n) is 20.3. The van der Waals surface area contributed by atoms with E-state index >= 15 is 8.78 Å². The number of amides is 3. The van der Waals surface area contributed by atoms with Gasteiger partial charge in [-0.2, -0.15) is 15.1 Å². The first-order valence-electron chi connectivity index (χ1n) is 24.8. The normalized spacial score (nSPS) is 24.8. The molecule has 3 aromatic carbocycles. The molecule has 0 aliphatic carbocycles. The third-order valence-electron chi connectivity index (χ3n) is 16.2. The number of nitrogens with one attached hydrogen (secondary N) is 2. The zero-order chi connectivity index (χ0) is 48.7. The van der Waals surface area contributed by atoms with Crippen molar-refractivity contribution in [3.8, 4) is 35.4 Å². The number of carbonyl (C=O) groups is 3. The molecule has 6 aromatic rings. The summed E-state index contributed by atoms with van der Waals surface area (Å²) < 4.78 is 46.7. The third-order valence-corrected chi connectivity index (χ3v) is 16.2. The summed E-state index contributed by atoms with van der Waals surface area (Å²) in [5, 5.41) is 23.5. The highest BCUT2D eigenvalue weighted by Crippen LogP contribution is 2.44. The average molecular weight is 965 g/mol. The molecule has 6 fully saturated rings. The minimum atomic E-state index is -0.769. The standard InChI is InChI=1S/C53H54F2N10O6/c1-3-36-41(54)11-6-31-21-35(66)23-39(44(31)36)47-45(55)48-40(24-56-47)49(64-25-32-7-8-33(26-64)57-32)60-51(59-48)71-28-53-16-4-18-65(53)34(13-17-53)27-70-52(69)63-19-14-29(15-20-63)30-5-9-37-42(22-30)62(2)61-46(37)38-10-12-43(67)58-50(38)68/h1,5-6,9,11,21-24,29,32-34,38,57,66H,4,7-8,10,12-20,25-28H2,2H3,(H,58,67,68)/t32?,33?,34-,38?,53?/m1/s1. The van der Waals surface area contributed by atoms with Gasteiger partial charge < -0.3 is 29.7 Å². The lowest BCUT2D eigenvalue weighted by Gasteiger charge is -2.36. The molecule has 6 aliphatic rings. The third kappa shape index (κ3) is 7.93. The van der Waals surface area contributed by atoms with Crippen LogP contribution in [0.1, 0.15) is 92.9 Å². The number of phenols is 1. The van der Waals surface area contributed by atoms with Gasteiger partial charge in [0.05, 0.1) is 33.6 Å². The fraction of sp³-hybridized carbons (Fsp3) is 0.453. The number of pyridine rings is 1. The molecule has 0 spiro atoms. The van der Waals surface area contributed by atoms with E-state index in [1.54, 1.807) is 9.58 Å². The number of ether oxygens (including phenoxy) is 2. The minimum Gasteiger partial charge on any atom is -0.508 e. The van der Waals surface area contributed by atoms with E-state index < -0.39 is 17.6 Å². The molecule has 2 bridgehead atoms. The van der Waals surface area contributed by atoms with E-state index in [1.165, 1.54) is 30.5 Å². The van der Waals surface area contributed by atoms with Crippen LogP contribution in [0.25, 0.3) is 43.8 Å². The topological polar surface area (TPSA) is 180 Å². The Balaban J connectivity index is 0.734. The molecule has 6 aliphatic heterocycles. The number of aromatic nitrogens is 5. The van der Waals surface area contributed by atoms with Gasteiger partial charge in [0.1, 0.15) is 41.8 Å². The minimum absolute atomic E-state index is 0.00334. The Morgan fingerprint density at radius 2 is 1.79 bits per heavy atom. The van der Waals surface area contributed by atoms with Gasteiger partial charge >= 0.3 is 12.1 Å². The maximum atomic E-state index is 17.2. The van der Waals surface area contributed by atoms with Crippen LogP contribution in [0.5, 0.6) is 11.8 Å². The number of carbonyl (C=O) groups excluding carboxylic acids is 3. The molecule has 366 valence electrons. The van der Waals surface area contributed by atoms with Gasteiger partial charge in [-0.25, -0.2) is 13.6 Å². The van der Waals surface area contributed by atoms with Gasteiger partial charge in [0, 0.05) is 80.3 Å². The number of hydrogen-bond acceptors (Lipinski definition) is 13. The van der Waals surface area contributed by atoms with Crippen molar-refractivity contribution in [3.63, 3.8) is 0 Å². The zero-order valence-electron chi connectivity index (χ0n) is 39.4. The highest BCUT2D eigenvalue weighted by atomic mass is 19.1. The number of imide groups is 1. The van der Waals surface area contributed by atoms with Crippen LogP contribution in [-0.2, 0) is 21.4 Å². The molecule has 4 unspecified atom stereocenters. The molecule has 5 atom stereocenters. The van der Waals surface area contributed by atoms with Crippen LogP contribution in [0, 0.1) is 24.0 Å². The smallest absolute Gasteiger partial charge is 0.409 e. The monoisotopic (exact) mass is 964 g/mol. The van der Waals surface area contributed by atoms with Crippen LogP contribution >= 0.6 is 0 Å². The lowest BCUT2D eigenvalue weighted by Crippen LogP contribution is -2.51. The maximum absolute atomic E-state index is 17.2. The van der Waals surface area contributed by atoms with Crippen LogP contribution in [0.2, 0.25) is 0 Å². The molecule has 3 aromatic heterocycles. The van der Waals surface area contributed by atoms with Crippen LogP contribution in [0.3, 0.4) is 0 Å². The molecule has 3 amide bonds. The molecule has 71 heavy (non-hydrogen) atoms.